The first-order chi connectivity index (χ1) is 19.9. The Hall–Kier alpha value is -3.67. The fourth-order valence-corrected chi connectivity index (χ4v) is 4.74. The quantitative estimate of drug-likeness (QED) is 0.162. The lowest BCUT2D eigenvalue weighted by Crippen LogP contribution is -2.58. The van der Waals surface area contributed by atoms with Gasteiger partial charge >= 0.3 is 0 Å². The second-order valence-corrected chi connectivity index (χ2v) is 9.92. The van der Waals surface area contributed by atoms with Crippen LogP contribution in [0.4, 0.5) is 0 Å². The maximum atomic E-state index is 13.7. The largest absolute Gasteiger partial charge is 0.507 e. The molecule has 2 fully saturated rings. The summed E-state index contributed by atoms with van der Waals surface area (Å²) in [4.78, 5) is 13.7. The van der Waals surface area contributed by atoms with E-state index >= 15 is 0 Å². The monoisotopic (exact) mass is 594 g/mol. The molecule has 2 aliphatic heterocycles. The third-order valence-corrected chi connectivity index (χ3v) is 7.15. The molecule has 9 atom stereocenters. The van der Waals surface area contributed by atoms with E-state index in [0.717, 1.165) is 6.07 Å². The number of aliphatic hydroxyl groups excluding tert-OH is 6. The molecule has 3 aromatic rings. The van der Waals surface area contributed by atoms with Crippen LogP contribution < -0.4 is 19.6 Å². The molecule has 0 radical (unpaired) electrons. The van der Waals surface area contributed by atoms with Gasteiger partial charge in [-0.2, -0.15) is 0 Å². The molecule has 2 saturated heterocycles. The van der Waals surface area contributed by atoms with Gasteiger partial charge in [-0.25, -0.2) is 0 Å². The summed E-state index contributed by atoms with van der Waals surface area (Å²) in [6, 6.07) is 6.17. The van der Waals surface area contributed by atoms with Gasteiger partial charge in [-0.15, -0.1) is 0 Å². The minimum absolute atomic E-state index is 0.0461. The number of hydrogen-bond donors (Lipinski definition) is 8. The first kappa shape index (κ1) is 29.8. The molecule has 0 bridgehead atoms. The second kappa shape index (κ2) is 11.5. The van der Waals surface area contributed by atoms with E-state index in [4.69, 9.17) is 28.1 Å². The molecule has 1 aromatic heterocycles. The van der Waals surface area contributed by atoms with Crippen molar-refractivity contribution in [3.8, 4) is 40.1 Å². The lowest BCUT2D eigenvalue weighted by atomic mass is 10.00. The zero-order chi connectivity index (χ0) is 30.5. The van der Waals surface area contributed by atoms with Crippen LogP contribution in [0, 0.1) is 0 Å². The van der Waals surface area contributed by atoms with Crippen LogP contribution >= 0.6 is 0 Å². The Morgan fingerprint density at radius 1 is 0.833 bits per heavy atom. The summed E-state index contributed by atoms with van der Waals surface area (Å²) in [7, 11) is 1.33. The number of phenolic OH excluding ortho intramolecular Hbond substituents is 2. The number of phenols is 2. The molecule has 2 aromatic carbocycles. The minimum Gasteiger partial charge on any atom is -0.507 e. The topological polar surface area (TPSA) is 238 Å². The predicted octanol–water partition coefficient (Wildman–Crippen LogP) is -1.10. The van der Waals surface area contributed by atoms with Crippen molar-refractivity contribution in [2.75, 3.05) is 13.7 Å². The molecular formula is C27H30O15. The molecule has 15 heteroatoms. The maximum Gasteiger partial charge on any atom is 0.239 e. The normalized spacial score (nSPS) is 31.3. The van der Waals surface area contributed by atoms with Crippen LogP contribution in [0.15, 0.2) is 39.5 Å². The molecule has 15 nitrogen and oxygen atoms in total. The number of aromatic hydroxyl groups is 2. The van der Waals surface area contributed by atoms with Crippen molar-refractivity contribution in [3.05, 3.63) is 40.6 Å². The number of methoxy groups -OCH3 is 1. The fraction of sp³-hybridized carbons (Fsp3) is 0.444. The van der Waals surface area contributed by atoms with E-state index in [9.17, 15) is 45.6 Å². The molecule has 0 saturated carbocycles. The fourth-order valence-electron chi connectivity index (χ4n) is 4.74. The van der Waals surface area contributed by atoms with Crippen LogP contribution in [0.2, 0.25) is 0 Å². The molecule has 0 spiro atoms. The van der Waals surface area contributed by atoms with Crippen LogP contribution in [-0.4, -0.2) is 110 Å². The predicted molar refractivity (Wildman–Crippen MR) is 139 cm³/mol. The summed E-state index contributed by atoms with van der Waals surface area (Å²) >= 11 is 0. The van der Waals surface area contributed by atoms with Gasteiger partial charge in [-0.3, -0.25) is 4.79 Å². The Kier molecular flexibility index (Phi) is 8.19. The van der Waals surface area contributed by atoms with E-state index in [1.54, 1.807) is 0 Å². The smallest absolute Gasteiger partial charge is 0.239 e. The van der Waals surface area contributed by atoms with Gasteiger partial charge in [0.15, 0.2) is 17.3 Å². The molecule has 0 aliphatic carbocycles. The van der Waals surface area contributed by atoms with E-state index in [2.05, 4.69) is 0 Å². The number of benzene rings is 2. The SMILES string of the molecule is COc1cc(O)c2c(=O)c(O[C@@H]3O[C@@H](CO)[C@H](O)[C@H]3O)c(-c3ccc(O)c(O[C@H]4O[C@@H](C)[C@@H](O)[C@@H](O)[C@@H]4O)c3)oc2c1. The lowest BCUT2D eigenvalue weighted by Gasteiger charge is -2.38. The van der Waals surface area contributed by atoms with Crippen LogP contribution in [0.3, 0.4) is 0 Å². The van der Waals surface area contributed by atoms with Crippen molar-refractivity contribution in [3.63, 3.8) is 0 Å². The first-order valence-corrected chi connectivity index (χ1v) is 12.8. The van der Waals surface area contributed by atoms with Crippen LogP contribution in [0.5, 0.6) is 28.7 Å². The summed E-state index contributed by atoms with van der Waals surface area (Å²) < 4.78 is 33.2. The molecule has 5 rings (SSSR count). The molecule has 42 heavy (non-hydrogen) atoms. The lowest BCUT2D eigenvalue weighted by molar-refractivity contribution is -0.268. The molecule has 228 valence electrons. The van der Waals surface area contributed by atoms with Crippen molar-refractivity contribution >= 4 is 11.0 Å². The van der Waals surface area contributed by atoms with Crippen molar-refractivity contribution in [1.29, 1.82) is 0 Å². The zero-order valence-electron chi connectivity index (χ0n) is 22.2. The summed E-state index contributed by atoms with van der Waals surface area (Å²) in [6.07, 6.45) is -13.2. The third-order valence-electron chi connectivity index (χ3n) is 7.15. The first-order valence-electron chi connectivity index (χ1n) is 12.8. The van der Waals surface area contributed by atoms with E-state index in [1.165, 1.54) is 38.3 Å². The molecule has 0 amide bonds. The van der Waals surface area contributed by atoms with Gasteiger partial charge in [0, 0.05) is 17.7 Å². The van der Waals surface area contributed by atoms with E-state index in [1.807, 2.05) is 0 Å². The van der Waals surface area contributed by atoms with Crippen molar-refractivity contribution < 1.29 is 69.0 Å². The zero-order valence-corrected chi connectivity index (χ0v) is 22.2. The number of fused-ring (bicyclic) bond motifs is 1. The van der Waals surface area contributed by atoms with Gasteiger partial charge in [-0.1, -0.05) is 0 Å². The number of ether oxygens (including phenoxy) is 5. The molecule has 0 unspecified atom stereocenters. The third kappa shape index (κ3) is 5.21. The van der Waals surface area contributed by atoms with Gasteiger partial charge in [0.1, 0.15) is 59.1 Å². The number of aliphatic hydroxyl groups is 6. The Morgan fingerprint density at radius 2 is 1.52 bits per heavy atom. The molecule has 8 N–H and O–H groups in total. The Balaban J connectivity index is 1.61. The highest BCUT2D eigenvalue weighted by Crippen LogP contribution is 2.40. The van der Waals surface area contributed by atoms with Crippen molar-refractivity contribution in [2.24, 2.45) is 0 Å². The average Bonchev–Trinajstić information content (AvgIpc) is 3.24. The van der Waals surface area contributed by atoms with Crippen molar-refractivity contribution in [1.82, 2.24) is 0 Å². The molecular weight excluding hydrogens is 564 g/mol. The summed E-state index contributed by atoms with van der Waals surface area (Å²) in [5.41, 5.74) is -0.991. The molecule has 3 heterocycles. The van der Waals surface area contributed by atoms with Gasteiger partial charge in [0.05, 0.1) is 19.8 Å². The minimum atomic E-state index is -1.70. The van der Waals surface area contributed by atoms with E-state index in [0.29, 0.717) is 0 Å². The van der Waals surface area contributed by atoms with Crippen LogP contribution in [0.1, 0.15) is 6.92 Å². The van der Waals surface area contributed by atoms with Crippen LogP contribution in [-0.2, 0) is 9.47 Å². The summed E-state index contributed by atoms with van der Waals surface area (Å²) in [5, 5.41) is 81.2. The Labute approximate surface area is 236 Å². The van der Waals surface area contributed by atoms with Gasteiger partial charge < -0.3 is 69.0 Å². The Morgan fingerprint density at radius 3 is 2.19 bits per heavy atom. The van der Waals surface area contributed by atoms with Gasteiger partial charge in [0.2, 0.25) is 23.8 Å². The van der Waals surface area contributed by atoms with Gasteiger partial charge in [0.25, 0.3) is 0 Å². The Bertz CT molecular complexity index is 1510. The van der Waals surface area contributed by atoms with Crippen LogP contribution in [0.25, 0.3) is 22.3 Å². The van der Waals surface area contributed by atoms with E-state index < -0.39 is 84.6 Å². The highest BCUT2D eigenvalue weighted by molar-refractivity contribution is 5.88. The highest BCUT2D eigenvalue weighted by Gasteiger charge is 2.45. The average molecular weight is 595 g/mol. The standard InChI is InChI=1S/C27H30O15/c1-9-18(31)21(34)23(36)26(38-9)40-14-5-10(3-4-12(14)29)24-25(42-27-22(35)19(32)16(8-28)41-27)20(33)17-13(30)6-11(37-2)7-15(17)39-24/h3-7,9,16,18-19,21-23,26-32,34-36H,8H2,1-2H3/t9-,16-,18+,19-,21+,22+,23-,26+,27-/m0/s1. The van der Waals surface area contributed by atoms with E-state index in [-0.39, 0.29) is 33.8 Å². The van der Waals surface area contributed by atoms with Crippen molar-refractivity contribution in [2.45, 2.75) is 62.2 Å². The second-order valence-electron chi connectivity index (χ2n) is 9.92. The maximum absolute atomic E-state index is 13.7. The summed E-state index contributed by atoms with van der Waals surface area (Å²) in [5.74, 6) is -1.95. The number of hydrogen-bond acceptors (Lipinski definition) is 15. The number of rotatable bonds is 7. The highest BCUT2D eigenvalue weighted by atomic mass is 16.7. The molecule has 2 aliphatic rings. The summed E-state index contributed by atoms with van der Waals surface area (Å²) in [6.45, 7) is 0.789. The van der Waals surface area contributed by atoms with Gasteiger partial charge in [-0.05, 0) is 25.1 Å².